The second kappa shape index (κ2) is 4.01. The van der Waals surface area contributed by atoms with Crippen molar-refractivity contribution in [3.05, 3.63) is 0 Å². The fraction of sp³-hybridized carbons (Fsp3) is 0.750. The molecule has 0 aromatic carbocycles. The van der Waals surface area contributed by atoms with Crippen molar-refractivity contribution in [2.24, 2.45) is 5.41 Å². The summed E-state index contributed by atoms with van der Waals surface area (Å²) >= 11 is 0. The van der Waals surface area contributed by atoms with Crippen molar-refractivity contribution in [3.8, 4) is 0 Å². The van der Waals surface area contributed by atoms with E-state index < -0.39 is 23.3 Å². The molecule has 3 fully saturated rings. The van der Waals surface area contributed by atoms with E-state index >= 15 is 0 Å². The Morgan fingerprint density at radius 3 is 1.68 bits per heavy atom. The maximum Gasteiger partial charge on any atom is 0.333 e. The zero-order chi connectivity index (χ0) is 13.8. The number of amides is 4. The number of nitrogens with zero attached hydrogens (tertiary/aromatic N) is 2. The van der Waals surface area contributed by atoms with E-state index in [1.807, 2.05) is 0 Å². The van der Waals surface area contributed by atoms with E-state index in [0.717, 1.165) is 9.80 Å². The lowest BCUT2D eigenvalue weighted by atomic mass is 9.87. The van der Waals surface area contributed by atoms with Crippen LogP contribution in [-0.2, 0) is 19.1 Å². The molecule has 4 amide bonds. The number of carbonyl (C=O) groups excluding carboxylic acids is 3. The SMILES string of the molecule is CC1(C)C(=O)N(CC2CO2)C(=O)N(CC2CO2)C1=O. The Bertz CT molecular complexity index is 415. The maximum absolute atomic E-state index is 12.3. The molecule has 7 nitrogen and oxygen atoms in total. The van der Waals surface area contributed by atoms with Crippen molar-refractivity contribution in [1.29, 1.82) is 0 Å². The summed E-state index contributed by atoms with van der Waals surface area (Å²) in [6.45, 7) is 4.64. The first-order valence-electron chi connectivity index (χ1n) is 6.32. The summed E-state index contributed by atoms with van der Waals surface area (Å²) in [4.78, 5) is 39.0. The molecule has 2 unspecified atom stereocenters. The lowest BCUT2D eigenvalue weighted by molar-refractivity contribution is -0.156. The van der Waals surface area contributed by atoms with Crippen LogP contribution in [0.3, 0.4) is 0 Å². The predicted octanol–water partition coefficient (Wildman–Crippen LogP) is -0.399. The molecule has 2 atom stereocenters. The number of hydrogen-bond donors (Lipinski definition) is 0. The first-order chi connectivity index (χ1) is 8.91. The maximum atomic E-state index is 12.3. The molecular weight excluding hydrogens is 252 g/mol. The summed E-state index contributed by atoms with van der Waals surface area (Å²) in [5, 5.41) is 0. The molecule has 3 aliphatic rings. The molecule has 0 aromatic rings. The molecule has 0 radical (unpaired) electrons. The summed E-state index contributed by atoms with van der Waals surface area (Å²) in [7, 11) is 0. The largest absolute Gasteiger partial charge is 0.371 e. The Kier molecular flexibility index (Phi) is 2.65. The number of carbonyl (C=O) groups is 3. The highest BCUT2D eigenvalue weighted by molar-refractivity contribution is 6.18. The summed E-state index contributed by atoms with van der Waals surface area (Å²) in [5.74, 6) is -0.906. The Balaban J connectivity index is 1.84. The summed E-state index contributed by atoms with van der Waals surface area (Å²) in [6.07, 6.45) is -0.174. The van der Waals surface area contributed by atoms with Crippen LogP contribution < -0.4 is 0 Å². The molecular formula is C12H16N2O5. The van der Waals surface area contributed by atoms with Gasteiger partial charge in [-0.1, -0.05) is 0 Å². The van der Waals surface area contributed by atoms with Gasteiger partial charge in [-0.3, -0.25) is 19.4 Å². The second-order valence-electron chi connectivity index (χ2n) is 5.65. The molecule has 3 saturated heterocycles. The van der Waals surface area contributed by atoms with E-state index in [2.05, 4.69) is 0 Å². The zero-order valence-electron chi connectivity index (χ0n) is 10.9. The van der Waals surface area contributed by atoms with Crippen molar-refractivity contribution in [2.45, 2.75) is 26.1 Å². The molecule has 0 aliphatic carbocycles. The highest BCUT2D eigenvalue weighted by Crippen LogP contribution is 2.31. The normalized spacial score (nSPS) is 32.8. The van der Waals surface area contributed by atoms with Crippen LogP contribution in [0.4, 0.5) is 4.79 Å². The molecule has 0 bridgehead atoms. The number of urea groups is 1. The molecule has 3 rings (SSSR count). The topological polar surface area (TPSA) is 82.8 Å². The van der Waals surface area contributed by atoms with Crippen molar-refractivity contribution >= 4 is 17.8 Å². The third-order valence-electron chi connectivity index (χ3n) is 3.60. The van der Waals surface area contributed by atoms with Crippen LogP contribution in [0, 0.1) is 5.41 Å². The number of barbiturate groups is 1. The smallest absolute Gasteiger partial charge is 0.333 e. The molecule has 0 saturated carbocycles. The molecule has 0 spiro atoms. The van der Waals surface area contributed by atoms with Gasteiger partial charge in [-0.05, 0) is 13.8 Å². The Morgan fingerprint density at radius 1 is 1.00 bits per heavy atom. The lowest BCUT2D eigenvalue weighted by Gasteiger charge is -2.40. The summed E-state index contributed by atoms with van der Waals surface area (Å²) in [5.41, 5.74) is -1.21. The van der Waals surface area contributed by atoms with Crippen LogP contribution in [0.2, 0.25) is 0 Å². The standard InChI is InChI=1S/C12H16N2O5/c1-12(2)9(15)13(3-7-5-18-7)11(17)14(10(12)16)4-8-6-19-8/h7-8H,3-6H2,1-2H3. The van der Waals surface area contributed by atoms with E-state index in [1.54, 1.807) is 13.8 Å². The third kappa shape index (κ3) is 2.12. The molecule has 0 aromatic heterocycles. The number of ether oxygens (including phenoxy) is 2. The second-order valence-corrected chi connectivity index (χ2v) is 5.65. The van der Waals surface area contributed by atoms with Crippen molar-refractivity contribution < 1.29 is 23.9 Å². The first kappa shape index (κ1) is 12.6. The van der Waals surface area contributed by atoms with E-state index in [9.17, 15) is 14.4 Å². The fourth-order valence-corrected chi connectivity index (χ4v) is 2.16. The van der Waals surface area contributed by atoms with Gasteiger partial charge in [0, 0.05) is 0 Å². The van der Waals surface area contributed by atoms with Crippen LogP contribution in [-0.4, -0.2) is 66.2 Å². The molecule has 7 heteroatoms. The first-order valence-corrected chi connectivity index (χ1v) is 6.32. The minimum atomic E-state index is -1.21. The lowest BCUT2D eigenvalue weighted by Crippen LogP contribution is -2.64. The van der Waals surface area contributed by atoms with Gasteiger partial charge in [-0.2, -0.15) is 0 Å². The quantitative estimate of drug-likeness (QED) is 0.512. The molecule has 3 heterocycles. The predicted molar refractivity (Wildman–Crippen MR) is 62.1 cm³/mol. The Morgan fingerprint density at radius 2 is 1.37 bits per heavy atom. The van der Waals surface area contributed by atoms with Gasteiger partial charge in [0.25, 0.3) is 0 Å². The van der Waals surface area contributed by atoms with Crippen molar-refractivity contribution in [3.63, 3.8) is 0 Å². The van der Waals surface area contributed by atoms with Gasteiger partial charge in [0.2, 0.25) is 11.8 Å². The van der Waals surface area contributed by atoms with Crippen LogP contribution in [0.5, 0.6) is 0 Å². The number of epoxide rings is 2. The Labute approximate surface area is 110 Å². The monoisotopic (exact) mass is 268 g/mol. The molecule has 3 aliphatic heterocycles. The van der Waals surface area contributed by atoms with Gasteiger partial charge in [0.15, 0.2) is 0 Å². The third-order valence-corrected chi connectivity index (χ3v) is 3.60. The van der Waals surface area contributed by atoms with E-state index in [1.165, 1.54) is 0 Å². The van der Waals surface area contributed by atoms with E-state index in [0.29, 0.717) is 13.2 Å². The molecule has 0 N–H and O–H groups in total. The van der Waals surface area contributed by atoms with Gasteiger partial charge < -0.3 is 9.47 Å². The van der Waals surface area contributed by atoms with Crippen LogP contribution in [0.15, 0.2) is 0 Å². The summed E-state index contributed by atoms with van der Waals surface area (Å²) in [6, 6.07) is -0.555. The average Bonchev–Trinajstić information content (AvgIpc) is 3.23. The van der Waals surface area contributed by atoms with Gasteiger partial charge in [0.05, 0.1) is 38.5 Å². The van der Waals surface area contributed by atoms with Gasteiger partial charge in [-0.25, -0.2) is 4.79 Å². The number of imide groups is 2. The van der Waals surface area contributed by atoms with Gasteiger partial charge in [0.1, 0.15) is 5.41 Å². The fourth-order valence-electron chi connectivity index (χ4n) is 2.16. The number of rotatable bonds is 4. The zero-order valence-corrected chi connectivity index (χ0v) is 10.9. The van der Waals surface area contributed by atoms with Crippen molar-refractivity contribution in [1.82, 2.24) is 9.80 Å². The minimum absolute atomic E-state index is 0.0871. The highest BCUT2D eigenvalue weighted by atomic mass is 16.6. The molecule has 104 valence electrons. The van der Waals surface area contributed by atoms with E-state index in [4.69, 9.17) is 9.47 Å². The average molecular weight is 268 g/mol. The van der Waals surface area contributed by atoms with Crippen molar-refractivity contribution in [2.75, 3.05) is 26.3 Å². The van der Waals surface area contributed by atoms with Gasteiger partial charge >= 0.3 is 6.03 Å². The Hall–Kier alpha value is -1.47. The minimum Gasteiger partial charge on any atom is -0.371 e. The van der Waals surface area contributed by atoms with Crippen LogP contribution in [0.1, 0.15) is 13.8 Å². The van der Waals surface area contributed by atoms with E-state index in [-0.39, 0.29) is 25.3 Å². The highest BCUT2D eigenvalue weighted by Gasteiger charge is 2.53. The number of hydrogen-bond acceptors (Lipinski definition) is 5. The van der Waals surface area contributed by atoms with Crippen LogP contribution in [0.25, 0.3) is 0 Å². The van der Waals surface area contributed by atoms with Gasteiger partial charge in [-0.15, -0.1) is 0 Å². The molecule has 19 heavy (non-hydrogen) atoms. The van der Waals surface area contributed by atoms with Crippen LogP contribution >= 0.6 is 0 Å². The summed E-state index contributed by atoms with van der Waals surface area (Å²) < 4.78 is 10.1.